The largest absolute Gasteiger partial charge is 0.389 e. The number of hydrogen-bond acceptors (Lipinski definition) is 2. The van der Waals surface area contributed by atoms with E-state index < -0.39 is 0 Å². The van der Waals surface area contributed by atoms with Crippen LogP contribution in [0.25, 0.3) is 0 Å². The zero-order valence-corrected chi connectivity index (χ0v) is 11.3. The summed E-state index contributed by atoms with van der Waals surface area (Å²) < 4.78 is 0. The van der Waals surface area contributed by atoms with Crippen molar-refractivity contribution in [2.45, 2.75) is 13.8 Å². The molecule has 0 heterocycles. The maximum atomic E-state index is 5.75. The second-order valence-electron chi connectivity index (χ2n) is 4.35. The van der Waals surface area contributed by atoms with Gasteiger partial charge in [-0.1, -0.05) is 42.0 Å². The molecule has 3 N–H and O–H groups in total. The molecule has 0 aliphatic rings. The summed E-state index contributed by atoms with van der Waals surface area (Å²) in [6, 6.07) is 14.2. The third kappa shape index (κ3) is 2.68. The molecule has 0 unspecified atom stereocenters. The van der Waals surface area contributed by atoms with Gasteiger partial charge in [0.25, 0.3) is 0 Å². The first kappa shape index (κ1) is 12.6. The highest BCUT2D eigenvalue weighted by molar-refractivity contribution is 7.80. The quantitative estimate of drug-likeness (QED) is 0.823. The van der Waals surface area contributed by atoms with E-state index >= 15 is 0 Å². The highest BCUT2D eigenvalue weighted by Gasteiger charge is 2.07. The summed E-state index contributed by atoms with van der Waals surface area (Å²) in [5, 5.41) is 3.38. The van der Waals surface area contributed by atoms with Gasteiger partial charge in [-0.2, -0.15) is 0 Å². The Hall–Kier alpha value is -1.87. The number of benzene rings is 2. The SMILES string of the molecule is Cc1ccc(Nc2c(C)cccc2C(N)=S)cc1. The maximum Gasteiger partial charge on any atom is 0.106 e. The number of thiocarbonyl (C=S) groups is 1. The Morgan fingerprint density at radius 3 is 2.33 bits per heavy atom. The first-order valence-corrected chi connectivity index (χ1v) is 6.22. The van der Waals surface area contributed by atoms with Crippen LogP contribution in [0, 0.1) is 13.8 Å². The van der Waals surface area contributed by atoms with Crippen molar-refractivity contribution in [2.24, 2.45) is 5.73 Å². The van der Waals surface area contributed by atoms with E-state index in [2.05, 4.69) is 24.4 Å². The molecule has 0 spiro atoms. The van der Waals surface area contributed by atoms with Crippen LogP contribution in [-0.4, -0.2) is 4.99 Å². The third-order valence-corrected chi connectivity index (χ3v) is 3.08. The van der Waals surface area contributed by atoms with E-state index in [4.69, 9.17) is 18.0 Å². The van der Waals surface area contributed by atoms with Gasteiger partial charge >= 0.3 is 0 Å². The van der Waals surface area contributed by atoms with E-state index in [-0.39, 0.29) is 0 Å². The molecule has 2 rings (SSSR count). The molecule has 0 saturated carbocycles. The minimum atomic E-state index is 0.410. The number of anilines is 2. The molecule has 92 valence electrons. The van der Waals surface area contributed by atoms with Crippen LogP contribution in [0.5, 0.6) is 0 Å². The Bertz CT molecular complexity index is 574. The number of rotatable bonds is 3. The van der Waals surface area contributed by atoms with Gasteiger partial charge in [-0.15, -0.1) is 0 Å². The highest BCUT2D eigenvalue weighted by Crippen LogP contribution is 2.25. The topological polar surface area (TPSA) is 38.0 Å². The maximum absolute atomic E-state index is 5.75. The standard InChI is InChI=1S/C15H16N2S/c1-10-6-8-12(9-7-10)17-14-11(2)4-3-5-13(14)15(16)18/h3-9,17H,1-2H3,(H2,16,18). The zero-order chi connectivity index (χ0) is 13.1. The third-order valence-electron chi connectivity index (χ3n) is 2.86. The van der Waals surface area contributed by atoms with Gasteiger partial charge in [0.2, 0.25) is 0 Å². The second kappa shape index (κ2) is 5.19. The molecule has 0 radical (unpaired) electrons. The molecule has 2 aromatic rings. The Labute approximate surface area is 113 Å². The number of aryl methyl sites for hydroxylation is 2. The smallest absolute Gasteiger partial charge is 0.106 e. The Balaban J connectivity index is 2.39. The van der Waals surface area contributed by atoms with Crippen LogP contribution in [-0.2, 0) is 0 Å². The van der Waals surface area contributed by atoms with Crippen LogP contribution >= 0.6 is 12.2 Å². The first-order chi connectivity index (χ1) is 8.58. The Morgan fingerprint density at radius 1 is 1.06 bits per heavy atom. The lowest BCUT2D eigenvalue weighted by Gasteiger charge is -2.14. The van der Waals surface area contributed by atoms with Gasteiger partial charge in [-0.3, -0.25) is 0 Å². The molecule has 0 bridgehead atoms. The monoisotopic (exact) mass is 256 g/mol. The molecule has 0 atom stereocenters. The number of nitrogens with two attached hydrogens (primary N) is 1. The van der Waals surface area contributed by atoms with Crippen molar-refractivity contribution in [2.75, 3.05) is 5.32 Å². The van der Waals surface area contributed by atoms with Crippen LogP contribution in [0.2, 0.25) is 0 Å². The van der Waals surface area contributed by atoms with Crippen molar-refractivity contribution < 1.29 is 0 Å². The molecule has 0 amide bonds. The average Bonchev–Trinajstić information content (AvgIpc) is 2.34. The van der Waals surface area contributed by atoms with E-state index in [0.29, 0.717) is 4.99 Å². The van der Waals surface area contributed by atoms with Crippen molar-refractivity contribution in [3.8, 4) is 0 Å². The summed E-state index contributed by atoms with van der Waals surface area (Å²) in [5.41, 5.74) is 11.0. The predicted octanol–water partition coefficient (Wildman–Crippen LogP) is 3.68. The van der Waals surface area contributed by atoms with Gasteiger partial charge in [-0.05, 0) is 37.6 Å². The lowest BCUT2D eigenvalue weighted by Crippen LogP contribution is -2.12. The van der Waals surface area contributed by atoms with Crippen molar-refractivity contribution in [3.63, 3.8) is 0 Å². The molecular formula is C15H16N2S. The molecule has 2 nitrogen and oxygen atoms in total. The Morgan fingerprint density at radius 2 is 1.72 bits per heavy atom. The van der Waals surface area contributed by atoms with Gasteiger partial charge in [-0.25, -0.2) is 0 Å². The van der Waals surface area contributed by atoms with Crippen molar-refractivity contribution in [1.29, 1.82) is 0 Å². The molecule has 0 aliphatic heterocycles. The summed E-state index contributed by atoms with van der Waals surface area (Å²) in [6.45, 7) is 4.11. The molecule has 18 heavy (non-hydrogen) atoms. The Kier molecular flexibility index (Phi) is 3.63. The van der Waals surface area contributed by atoms with Crippen LogP contribution in [0.4, 0.5) is 11.4 Å². The minimum Gasteiger partial charge on any atom is -0.389 e. The van der Waals surface area contributed by atoms with Crippen molar-refractivity contribution >= 4 is 28.6 Å². The normalized spacial score (nSPS) is 10.1. The molecular weight excluding hydrogens is 240 g/mol. The van der Waals surface area contributed by atoms with E-state index in [1.807, 2.05) is 37.3 Å². The fourth-order valence-electron chi connectivity index (χ4n) is 1.82. The lowest BCUT2D eigenvalue weighted by molar-refractivity contribution is 1.40. The summed E-state index contributed by atoms with van der Waals surface area (Å²) in [7, 11) is 0. The van der Waals surface area contributed by atoms with Gasteiger partial charge in [0.05, 0.1) is 5.69 Å². The average molecular weight is 256 g/mol. The van der Waals surface area contributed by atoms with Crippen LogP contribution in [0.3, 0.4) is 0 Å². The fourth-order valence-corrected chi connectivity index (χ4v) is 1.99. The molecule has 0 fully saturated rings. The molecule has 0 aliphatic carbocycles. The van der Waals surface area contributed by atoms with Gasteiger partial charge in [0.15, 0.2) is 0 Å². The fraction of sp³-hybridized carbons (Fsp3) is 0.133. The van der Waals surface area contributed by atoms with Crippen molar-refractivity contribution in [1.82, 2.24) is 0 Å². The molecule has 3 heteroatoms. The first-order valence-electron chi connectivity index (χ1n) is 5.81. The minimum absolute atomic E-state index is 0.410. The summed E-state index contributed by atoms with van der Waals surface area (Å²) >= 11 is 5.08. The number of nitrogens with one attached hydrogen (secondary N) is 1. The predicted molar refractivity (Wildman–Crippen MR) is 81.5 cm³/mol. The summed E-state index contributed by atoms with van der Waals surface area (Å²) in [4.78, 5) is 0.410. The number of para-hydroxylation sites is 1. The summed E-state index contributed by atoms with van der Waals surface area (Å²) in [6.07, 6.45) is 0. The second-order valence-corrected chi connectivity index (χ2v) is 4.79. The van der Waals surface area contributed by atoms with E-state index in [0.717, 1.165) is 22.5 Å². The van der Waals surface area contributed by atoms with Gasteiger partial charge in [0, 0.05) is 11.3 Å². The van der Waals surface area contributed by atoms with Crippen molar-refractivity contribution in [3.05, 3.63) is 59.2 Å². The van der Waals surface area contributed by atoms with Crippen LogP contribution < -0.4 is 11.1 Å². The zero-order valence-electron chi connectivity index (χ0n) is 10.5. The van der Waals surface area contributed by atoms with Gasteiger partial charge in [0.1, 0.15) is 4.99 Å². The van der Waals surface area contributed by atoms with E-state index in [1.54, 1.807) is 0 Å². The van der Waals surface area contributed by atoms with Crippen LogP contribution in [0.1, 0.15) is 16.7 Å². The molecule has 2 aromatic carbocycles. The van der Waals surface area contributed by atoms with E-state index in [1.165, 1.54) is 5.56 Å². The molecule has 0 aromatic heterocycles. The van der Waals surface area contributed by atoms with E-state index in [9.17, 15) is 0 Å². The van der Waals surface area contributed by atoms with Crippen LogP contribution in [0.15, 0.2) is 42.5 Å². The number of hydrogen-bond donors (Lipinski definition) is 2. The lowest BCUT2D eigenvalue weighted by atomic mass is 10.1. The molecule has 0 saturated heterocycles. The van der Waals surface area contributed by atoms with Gasteiger partial charge < -0.3 is 11.1 Å². The highest BCUT2D eigenvalue weighted by atomic mass is 32.1. The summed E-state index contributed by atoms with van der Waals surface area (Å²) in [5.74, 6) is 0.